The second-order valence-electron chi connectivity index (χ2n) is 7.05. The van der Waals surface area contributed by atoms with Gasteiger partial charge in [0.05, 0.1) is 10.9 Å². The minimum absolute atomic E-state index is 0.159. The van der Waals surface area contributed by atoms with Gasteiger partial charge in [-0.2, -0.15) is 13.2 Å². The van der Waals surface area contributed by atoms with Crippen LogP contribution in [0.25, 0.3) is 10.9 Å². The van der Waals surface area contributed by atoms with Crippen LogP contribution in [0.15, 0.2) is 22.7 Å². The highest BCUT2D eigenvalue weighted by Crippen LogP contribution is 2.36. The van der Waals surface area contributed by atoms with Gasteiger partial charge < -0.3 is 9.84 Å². The highest BCUT2D eigenvalue weighted by molar-refractivity contribution is 9.10. The van der Waals surface area contributed by atoms with Gasteiger partial charge in [-0.05, 0) is 67.4 Å². The van der Waals surface area contributed by atoms with Crippen LogP contribution >= 0.6 is 15.9 Å². The number of aromatic nitrogens is 1. The second-order valence-corrected chi connectivity index (χ2v) is 7.84. The number of aliphatic hydroxyl groups excluding tert-OH is 1. The van der Waals surface area contributed by atoms with Crippen LogP contribution < -0.4 is 0 Å². The molecule has 1 unspecified atom stereocenters. The number of benzene rings is 1. The van der Waals surface area contributed by atoms with E-state index in [0.717, 1.165) is 6.07 Å². The first-order valence-corrected chi connectivity index (χ1v) is 8.64. The van der Waals surface area contributed by atoms with Crippen molar-refractivity contribution < 1.29 is 27.8 Å². The molecule has 0 amide bonds. The van der Waals surface area contributed by atoms with Gasteiger partial charge in [0.1, 0.15) is 18.4 Å². The van der Waals surface area contributed by atoms with Crippen LogP contribution in [0.3, 0.4) is 0 Å². The van der Waals surface area contributed by atoms with E-state index < -0.39 is 29.4 Å². The Hall–Kier alpha value is -1.67. The lowest BCUT2D eigenvalue weighted by Crippen LogP contribution is -2.25. The Labute approximate surface area is 157 Å². The molecule has 8 heteroatoms. The maximum atomic E-state index is 12.8. The lowest BCUT2D eigenvalue weighted by Gasteiger charge is -2.21. The summed E-state index contributed by atoms with van der Waals surface area (Å²) in [6.45, 7) is 6.49. The fourth-order valence-corrected chi connectivity index (χ4v) is 3.31. The number of aliphatic hydroxyl groups is 1. The van der Waals surface area contributed by atoms with Gasteiger partial charge in [-0.3, -0.25) is 4.79 Å². The fourth-order valence-electron chi connectivity index (χ4n) is 2.39. The first kappa shape index (κ1) is 20.6. The third kappa shape index (κ3) is 4.35. The molecule has 0 radical (unpaired) electrons. The zero-order valence-corrected chi connectivity index (χ0v) is 16.3. The molecule has 0 fully saturated rings. The molecule has 0 saturated heterocycles. The molecule has 0 aliphatic heterocycles. The van der Waals surface area contributed by atoms with E-state index in [1.54, 1.807) is 27.7 Å². The van der Waals surface area contributed by atoms with Crippen molar-refractivity contribution in [1.82, 2.24) is 4.98 Å². The van der Waals surface area contributed by atoms with Gasteiger partial charge in [0, 0.05) is 15.4 Å². The maximum absolute atomic E-state index is 12.8. The van der Waals surface area contributed by atoms with Crippen molar-refractivity contribution in [2.45, 2.75) is 40.0 Å². The Morgan fingerprint density at radius 1 is 1.31 bits per heavy atom. The van der Waals surface area contributed by atoms with E-state index in [-0.39, 0.29) is 12.1 Å². The smallest absolute Gasteiger partial charge is 0.433 e. The molecule has 1 heterocycles. The molecule has 4 nitrogen and oxygen atoms in total. The average molecular weight is 434 g/mol. The van der Waals surface area contributed by atoms with E-state index in [1.165, 1.54) is 12.1 Å². The van der Waals surface area contributed by atoms with Gasteiger partial charge in [0.25, 0.3) is 0 Å². The predicted molar refractivity (Wildman–Crippen MR) is 94.6 cm³/mol. The van der Waals surface area contributed by atoms with Crippen molar-refractivity contribution in [2.24, 2.45) is 5.41 Å². The molecular weight excluding hydrogens is 415 g/mol. The highest BCUT2D eigenvalue weighted by atomic mass is 79.9. The summed E-state index contributed by atoms with van der Waals surface area (Å²) in [5, 5.41) is 10.9. The first-order chi connectivity index (χ1) is 11.8. The molecule has 1 N–H and O–H groups in total. The minimum Gasteiger partial charge on any atom is -0.462 e. The summed E-state index contributed by atoms with van der Waals surface area (Å²) in [6, 6.07) is 3.66. The van der Waals surface area contributed by atoms with Gasteiger partial charge >= 0.3 is 12.1 Å². The number of hydrogen-bond donors (Lipinski definition) is 1. The monoisotopic (exact) mass is 433 g/mol. The van der Waals surface area contributed by atoms with Crippen molar-refractivity contribution in [2.75, 3.05) is 6.61 Å². The van der Waals surface area contributed by atoms with Crippen LogP contribution in [0, 0.1) is 12.3 Å². The zero-order valence-electron chi connectivity index (χ0n) is 14.7. The lowest BCUT2D eigenvalue weighted by molar-refractivity contribution is -0.156. The number of esters is 1. The molecule has 142 valence electrons. The third-order valence-electron chi connectivity index (χ3n) is 3.78. The first-order valence-electron chi connectivity index (χ1n) is 7.84. The highest BCUT2D eigenvalue weighted by Gasteiger charge is 2.33. The summed E-state index contributed by atoms with van der Waals surface area (Å²) in [5.74, 6) is -0.456. The molecule has 0 bridgehead atoms. The Balaban J connectivity index is 2.38. The Morgan fingerprint density at radius 3 is 2.46 bits per heavy atom. The summed E-state index contributed by atoms with van der Waals surface area (Å²) in [4.78, 5) is 15.5. The number of fused-ring (bicyclic) bond motifs is 1. The molecular formula is C18H19BrF3NO3. The van der Waals surface area contributed by atoms with E-state index in [4.69, 9.17) is 4.74 Å². The molecule has 2 aromatic rings. The Morgan fingerprint density at radius 2 is 1.92 bits per heavy atom. The molecule has 1 atom stereocenters. The minimum atomic E-state index is -4.53. The molecule has 0 spiro atoms. The average Bonchev–Trinajstić information content (AvgIpc) is 2.50. The van der Waals surface area contributed by atoms with Gasteiger partial charge in [0.2, 0.25) is 0 Å². The van der Waals surface area contributed by atoms with E-state index in [1.807, 2.05) is 0 Å². The van der Waals surface area contributed by atoms with Crippen LogP contribution in [0.5, 0.6) is 0 Å². The molecule has 0 aliphatic rings. The fraction of sp³-hybridized carbons (Fsp3) is 0.444. The van der Waals surface area contributed by atoms with Crippen molar-refractivity contribution >= 4 is 32.8 Å². The molecule has 26 heavy (non-hydrogen) atoms. The third-order valence-corrected chi connectivity index (χ3v) is 4.64. The normalized spacial score (nSPS) is 13.7. The van der Waals surface area contributed by atoms with Crippen LogP contribution in [0.1, 0.15) is 43.7 Å². The van der Waals surface area contributed by atoms with Crippen LogP contribution in [-0.2, 0) is 15.7 Å². The SMILES string of the molecule is Cc1cc2nc(C(F)(F)F)ccc2c(Br)c1C(O)COC(=O)C(C)(C)C. The zero-order chi connectivity index (χ0) is 19.9. The molecule has 2 rings (SSSR count). The summed E-state index contributed by atoms with van der Waals surface area (Å²) in [6.07, 6.45) is -5.66. The summed E-state index contributed by atoms with van der Waals surface area (Å²) >= 11 is 3.33. The molecule has 0 aliphatic carbocycles. The van der Waals surface area contributed by atoms with Crippen molar-refractivity contribution in [3.63, 3.8) is 0 Å². The Kier molecular flexibility index (Phi) is 5.68. The lowest BCUT2D eigenvalue weighted by atomic mass is 9.97. The number of carbonyl (C=O) groups is 1. The van der Waals surface area contributed by atoms with Crippen molar-refractivity contribution in [3.05, 3.63) is 39.5 Å². The number of pyridine rings is 1. The van der Waals surface area contributed by atoms with Gasteiger partial charge in [-0.1, -0.05) is 0 Å². The van der Waals surface area contributed by atoms with Crippen molar-refractivity contribution in [3.8, 4) is 0 Å². The van der Waals surface area contributed by atoms with E-state index in [0.29, 0.717) is 21.0 Å². The quantitative estimate of drug-likeness (QED) is 0.695. The predicted octanol–water partition coefficient (Wildman–Crippen LogP) is 4.95. The number of halogens is 4. The maximum Gasteiger partial charge on any atom is 0.433 e. The van der Waals surface area contributed by atoms with E-state index in [2.05, 4.69) is 20.9 Å². The largest absolute Gasteiger partial charge is 0.462 e. The van der Waals surface area contributed by atoms with E-state index >= 15 is 0 Å². The van der Waals surface area contributed by atoms with Crippen LogP contribution in [-0.4, -0.2) is 22.7 Å². The number of alkyl halides is 3. The number of rotatable bonds is 3. The van der Waals surface area contributed by atoms with Crippen LogP contribution in [0.2, 0.25) is 0 Å². The number of carbonyl (C=O) groups excluding carboxylic acids is 1. The molecule has 0 saturated carbocycles. The summed E-state index contributed by atoms with van der Waals surface area (Å²) < 4.78 is 44.1. The number of nitrogens with zero attached hydrogens (tertiary/aromatic N) is 1. The number of aryl methyl sites for hydroxylation is 1. The summed E-state index contributed by atoms with van der Waals surface area (Å²) in [7, 11) is 0. The van der Waals surface area contributed by atoms with Gasteiger partial charge in [-0.15, -0.1) is 0 Å². The topological polar surface area (TPSA) is 59.4 Å². The summed E-state index contributed by atoms with van der Waals surface area (Å²) in [5.41, 5.74) is -0.542. The van der Waals surface area contributed by atoms with E-state index in [9.17, 15) is 23.1 Å². The van der Waals surface area contributed by atoms with Crippen LogP contribution in [0.4, 0.5) is 13.2 Å². The number of ether oxygens (including phenoxy) is 1. The Bertz CT molecular complexity index is 844. The number of hydrogen-bond acceptors (Lipinski definition) is 4. The molecule has 1 aromatic heterocycles. The van der Waals surface area contributed by atoms with Gasteiger partial charge in [-0.25, -0.2) is 4.98 Å². The van der Waals surface area contributed by atoms with Crippen molar-refractivity contribution in [1.29, 1.82) is 0 Å². The standard InChI is InChI=1S/C18H19BrF3NO3/c1-9-7-11-10(5-6-13(23-11)18(20,21)22)15(19)14(9)12(24)8-26-16(25)17(2,3)4/h5-7,12,24H,8H2,1-4H3. The van der Waals surface area contributed by atoms with Gasteiger partial charge in [0.15, 0.2) is 0 Å². The molecule has 1 aromatic carbocycles. The second kappa shape index (κ2) is 7.15.